The van der Waals surface area contributed by atoms with Gasteiger partial charge in [-0.2, -0.15) is 0 Å². The second-order valence-electron chi connectivity index (χ2n) is 2.92. The number of aromatic nitrogens is 3. The third-order valence-corrected chi connectivity index (χ3v) is 2.91. The number of nitrogens with zero attached hydrogens (tertiary/aromatic N) is 2. The molecule has 5 heteroatoms. The quantitative estimate of drug-likeness (QED) is 0.757. The van der Waals surface area contributed by atoms with E-state index < -0.39 is 0 Å². The molecule has 0 aliphatic rings. The van der Waals surface area contributed by atoms with Crippen LogP contribution in [0.5, 0.6) is 0 Å². The lowest BCUT2D eigenvalue weighted by Crippen LogP contribution is -2.12. The Hall–Kier alpha value is -1.10. The van der Waals surface area contributed by atoms with Crippen LogP contribution in [0.15, 0.2) is 15.5 Å². The zero-order valence-corrected chi connectivity index (χ0v) is 8.84. The van der Waals surface area contributed by atoms with E-state index in [1.54, 1.807) is 13.2 Å². The molecule has 0 amide bonds. The highest BCUT2D eigenvalue weighted by Crippen LogP contribution is 2.20. The molecule has 4 nitrogen and oxygen atoms in total. The molecule has 0 bridgehead atoms. The number of pyridine rings is 1. The van der Waals surface area contributed by atoms with E-state index in [2.05, 4.69) is 25.9 Å². The maximum absolute atomic E-state index is 11.3. The molecule has 2 aromatic heterocycles. The molecule has 0 fully saturated rings. The van der Waals surface area contributed by atoms with Crippen LogP contribution in [0.4, 0.5) is 0 Å². The van der Waals surface area contributed by atoms with Crippen LogP contribution in [0.2, 0.25) is 0 Å². The summed E-state index contributed by atoms with van der Waals surface area (Å²) in [6.45, 7) is 1.93. The van der Waals surface area contributed by atoms with Crippen molar-refractivity contribution in [3.05, 3.63) is 26.7 Å². The van der Waals surface area contributed by atoms with Gasteiger partial charge in [0.25, 0.3) is 0 Å². The van der Waals surface area contributed by atoms with Gasteiger partial charge >= 0.3 is 5.69 Å². The van der Waals surface area contributed by atoms with Gasteiger partial charge in [0.2, 0.25) is 0 Å². The van der Waals surface area contributed by atoms with Crippen molar-refractivity contribution in [3.63, 3.8) is 0 Å². The van der Waals surface area contributed by atoms with Crippen molar-refractivity contribution in [2.24, 2.45) is 7.05 Å². The van der Waals surface area contributed by atoms with Gasteiger partial charge in [0.15, 0.2) is 5.65 Å². The maximum Gasteiger partial charge on any atom is 0.327 e. The summed E-state index contributed by atoms with van der Waals surface area (Å²) in [5, 5.41) is 0. The molecule has 1 N–H and O–H groups in total. The minimum Gasteiger partial charge on any atom is -0.304 e. The van der Waals surface area contributed by atoms with E-state index in [-0.39, 0.29) is 5.69 Å². The Labute approximate surface area is 82.7 Å². The van der Waals surface area contributed by atoms with Gasteiger partial charge in [0.05, 0.1) is 5.52 Å². The Morgan fingerprint density at radius 2 is 2.31 bits per heavy atom. The number of hydrogen-bond donors (Lipinski definition) is 1. The van der Waals surface area contributed by atoms with E-state index in [0.717, 1.165) is 15.6 Å². The molecule has 0 aliphatic heterocycles. The summed E-state index contributed by atoms with van der Waals surface area (Å²) in [7, 11) is 1.70. The van der Waals surface area contributed by atoms with E-state index in [0.29, 0.717) is 5.65 Å². The first-order valence-corrected chi connectivity index (χ1v) is 4.60. The number of fused-ring (bicyclic) bond motifs is 1. The first-order valence-electron chi connectivity index (χ1n) is 3.81. The van der Waals surface area contributed by atoms with Crippen LogP contribution in [0.25, 0.3) is 11.2 Å². The van der Waals surface area contributed by atoms with Crippen molar-refractivity contribution in [2.75, 3.05) is 0 Å². The van der Waals surface area contributed by atoms with Crippen LogP contribution >= 0.6 is 15.9 Å². The SMILES string of the molecule is Cc1c(Br)cnc2c1[nH]c(=O)n2C. The standard InChI is InChI=1S/C8H8BrN3O/c1-4-5(9)3-10-7-6(4)11-8(13)12(7)2/h3H,1-2H3,(H,11,13). The molecule has 0 radical (unpaired) electrons. The Morgan fingerprint density at radius 1 is 1.62 bits per heavy atom. The average Bonchev–Trinajstić information content (AvgIpc) is 2.38. The summed E-state index contributed by atoms with van der Waals surface area (Å²) in [5.41, 5.74) is 2.35. The molecule has 13 heavy (non-hydrogen) atoms. The number of halogens is 1. The molecule has 0 saturated carbocycles. The van der Waals surface area contributed by atoms with Gasteiger partial charge in [-0.05, 0) is 28.4 Å². The summed E-state index contributed by atoms with van der Waals surface area (Å²) in [6, 6.07) is 0. The van der Waals surface area contributed by atoms with E-state index in [1.165, 1.54) is 4.57 Å². The zero-order valence-electron chi connectivity index (χ0n) is 7.26. The van der Waals surface area contributed by atoms with Gasteiger partial charge in [-0.1, -0.05) is 0 Å². The number of aromatic amines is 1. The van der Waals surface area contributed by atoms with Gasteiger partial charge in [0, 0.05) is 17.7 Å². The fourth-order valence-corrected chi connectivity index (χ4v) is 1.56. The van der Waals surface area contributed by atoms with Crippen molar-refractivity contribution < 1.29 is 0 Å². The highest BCUT2D eigenvalue weighted by molar-refractivity contribution is 9.10. The third kappa shape index (κ3) is 1.11. The smallest absolute Gasteiger partial charge is 0.304 e. The van der Waals surface area contributed by atoms with Gasteiger partial charge in [-0.25, -0.2) is 9.78 Å². The largest absolute Gasteiger partial charge is 0.327 e. The molecule has 0 spiro atoms. The maximum atomic E-state index is 11.3. The lowest BCUT2D eigenvalue weighted by Gasteiger charge is -1.98. The molecule has 0 unspecified atom stereocenters. The van der Waals surface area contributed by atoms with Crippen LogP contribution in [0.1, 0.15) is 5.56 Å². The molecular formula is C8H8BrN3O. The molecule has 2 rings (SSSR count). The first kappa shape index (κ1) is 8.50. The predicted octanol–water partition coefficient (Wildman–Crippen LogP) is 1.33. The van der Waals surface area contributed by atoms with Crippen molar-refractivity contribution in [2.45, 2.75) is 6.92 Å². The van der Waals surface area contributed by atoms with Crippen molar-refractivity contribution in [1.82, 2.24) is 14.5 Å². The highest BCUT2D eigenvalue weighted by Gasteiger charge is 2.08. The Kier molecular flexibility index (Phi) is 1.76. The van der Waals surface area contributed by atoms with Gasteiger partial charge < -0.3 is 4.98 Å². The molecular weight excluding hydrogens is 234 g/mol. The van der Waals surface area contributed by atoms with Crippen molar-refractivity contribution in [3.8, 4) is 0 Å². The van der Waals surface area contributed by atoms with Gasteiger partial charge in [-0.3, -0.25) is 4.57 Å². The molecule has 0 aliphatic carbocycles. The minimum atomic E-state index is -0.135. The van der Waals surface area contributed by atoms with Crippen LogP contribution in [0.3, 0.4) is 0 Å². The fraction of sp³-hybridized carbons (Fsp3) is 0.250. The topological polar surface area (TPSA) is 50.7 Å². The third-order valence-electron chi connectivity index (χ3n) is 2.11. The van der Waals surface area contributed by atoms with E-state index in [4.69, 9.17) is 0 Å². The molecule has 2 heterocycles. The average molecular weight is 242 g/mol. The Balaban J connectivity index is 3.03. The number of H-pyrrole nitrogens is 1. The number of hydrogen-bond acceptors (Lipinski definition) is 2. The number of aryl methyl sites for hydroxylation is 2. The Morgan fingerprint density at radius 3 is 3.00 bits per heavy atom. The Bertz CT molecular complexity index is 526. The number of rotatable bonds is 0. The molecule has 0 saturated heterocycles. The number of imidazole rings is 1. The first-order chi connectivity index (χ1) is 6.11. The van der Waals surface area contributed by atoms with E-state index in [9.17, 15) is 4.79 Å². The summed E-state index contributed by atoms with van der Waals surface area (Å²) in [5.74, 6) is 0. The summed E-state index contributed by atoms with van der Waals surface area (Å²) in [4.78, 5) is 18.2. The minimum absolute atomic E-state index is 0.135. The van der Waals surface area contributed by atoms with Crippen LogP contribution in [-0.4, -0.2) is 14.5 Å². The fourth-order valence-electron chi connectivity index (χ4n) is 1.26. The summed E-state index contributed by atoms with van der Waals surface area (Å²) >= 11 is 3.36. The monoisotopic (exact) mass is 241 g/mol. The van der Waals surface area contributed by atoms with Crippen molar-refractivity contribution in [1.29, 1.82) is 0 Å². The molecule has 68 valence electrons. The molecule has 0 atom stereocenters. The second-order valence-corrected chi connectivity index (χ2v) is 3.77. The molecule has 2 aromatic rings. The van der Waals surface area contributed by atoms with Crippen LogP contribution in [0, 0.1) is 6.92 Å². The predicted molar refractivity (Wildman–Crippen MR) is 53.8 cm³/mol. The number of nitrogens with one attached hydrogen (secondary N) is 1. The zero-order chi connectivity index (χ0) is 9.59. The second kappa shape index (κ2) is 2.70. The van der Waals surface area contributed by atoms with Crippen molar-refractivity contribution >= 4 is 27.1 Å². The van der Waals surface area contributed by atoms with E-state index in [1.807, 2.05) is 6.92 Å². The lowest BCUT2D eigenvalue weighted by molar-refractivity contribution is 0.878. The van der Waals surface area contributed by atoms with Gasteiger partial charge in [-0.15, -0.1) is 0 Å². The summed E-state index contributed by atoms with van der Waals surface area (Å²) < 4.78 is 2.40. The molecule has 0 aromatic carbocycles. The normalized spacial score (nSPS) is 11.0. The van der Waals surface area contributed by atoms with E-state index >= 15 is 0 Å². The van der Waals surface area contributed by atoms with Gasteiger partial charge in [0.1, 0.15) is 0 Å². The summed E-state index contributed by atoms with van der Waals surface area (Å²) in [6.07, 6.45) is 1.70. The van der Waals surface area contributed by atoms with Crippen LogP contribution < -0.4 is 5.69 Å². The lowest BCUT2D eigenvalue weighted by atomic mass is 10.3. The highest BCUT2D eigenvalue weighted by atomic mass is 79.9. The van der Waals surface area contributed by atoms with Crippen LogP contribution in [-0.2, 0) is 7.05 Å².